The van der Waals surface area contributed by atoms with Crippen LogP contribution < -0.4 is 15.1 Å². The van der Waals surface area contributed by atoms with Crippen LogP contribution in [0.4, 0.5) is 17.1 Å². The molecule has 6 nitrogen and oxygen atoms in total. The fraction of sp³-hybridized carbons (Fsp3) is 0.391. The molecule has 0 saturated carbocycles. The number of piperazine rings is 1. The molecule has 2 amide bonds. The van der Waals surface area contributed by atoms with Crippen LogP contribution in [-0.2, 0) is 4.79 Å². The Bertz CT molecular complexity index is 987. The number of fused-ring (bicyclic) bond motifs is 3. The van der Waals surface area contributed by atoms with E-state index in [4.69, 9.17) is 11.6 Å². The number of carbonyl (C=O) groups excluding carboxylic acids is 2. The first-order valence-electron chi connectivity index (χ1n) is 10.6. The number of hydrogen-bond donors (Lipinski definition) is 1. The molecule has 1 atom stereocenters. The summed E-state index contributed by atoms with van der Waals surface area (Å²) in [5.74, 6) is 0.0560. The van der Waals surface area contributed by atoms with Gasteiger partial charge < -0.3 is 20.0 Å². The molecule has 2 saturated heterocycles. The van der Waals surface area contributed by atoms with Crippen molar-refractivity contribution < 1.29 is 9.59 Å². The summed E-state index contributed by atoms with van der Waals surface area (Å²) in [6.45, 7) is 3.74. The number of halogens is 1. The molecule has 0 bridgehead atoms. The number of nitrogens with zero attached hydrogens (tertiary/aromatic N) is 3. The second kappa shape index (κ2) is 7.84. The maximum Gasteiger partial charge on any atom is 0.254 e. The molecule has 0 spiro atoms. The molecule has 156 valence electrons. The minimum Gasteiger partial charge on any atom is -0.368 e. The molecule has 0 aromatic heterocycles. The van der Waals surface area contributed by atoms with E-state index < -0.39 is 0 Å². The smallest absolute Gasteiger partial charge is 0.254 e. The zero-order valence-corrected chi connectivity index (χ0v) is 17.6. The third-order valence-electron chi connectivity index (χ3n) is 6.36. The molecule has 30 heavy (non-hydrogen) atoms. The molecule has 2 aromatic rings. The summed E-state index contributed by atoms with van der Waals surface area (Å²) < 4.78 is 0. The van der Waals surface area contributed by atoms with Crippen molar-refractivity contribution in [2.24, 2.45) is 0 Å². The molecule has 3 heterocycles. The van der Waals surface area contributed by atoms with Gasteiger partial charge >= 0.3 is 0 Å². The number of benzene rings is 2. The molecule has 0 radical (unpaired) electrons. The Morgan fingerprint density at radius 2 is 1.83 bits per heavy atom. The minimum atomic E-state index is -0.0765. The molecule has 0 aliphatic carbocycles. The highest BCUT2D eigenvalue weighted by molar-refractivity contribution is 6.30. The molecule has 1 N–H and O–H groups in total. The van der Waals surface area contributed by atoms with E-state index in [-0.39, 0.29) is 17.9 Å². The maximum atomic E-state index is 13.1. The Morgan fingerprint density at radius 3 is 2.63 bits per heavy atom. The van der Waals surface area contributed by atoms with Crippen molar-refractivity contribution in [2.75, 3.05) is 47.8 Å². The van der Waals surface area contributed by atoms with Crippen LogP contribution in [0.1, 0.15) is 29.6 Å². The molecule has 2 fully saturated rings. The van der Waals surface area contributed by atoms with Crippen LogP contribution in [0.25, 0.3) is 0 Å². The summed E-state index contributed by atoms with van der Waals surface area (Å²) in [6, 6.07) is 13.5. The van der Waals surface area contributed by atoms with Gasteiger partial charge in [0.25, 0.3) is 5.91 Å². The highest BCUT2D eigenvalue weighted by Gasteiger charge is 2.35. The molecular formula is C23H25ClN4O2. The van der Waals surface area contributed by atoms with Crippen LogP contribution in [0.2, 0.25) is 5.02 Å². The SMILES string of the molecule is O=C1Nc2cc(C(=O)N3CCN(c4cccc(Cl)c4)CC3)ccc2N2CCCC[C@H]12. The van der Waals surface area contributed by atoms with Gasteiger partial charge in [0.2, 0.25) is 5.91 Å². The normalized spacial score (nSPS) is 21.0. The second-order valence-corrected chi connectivity index (χ2v) is 8.62. The van der Waals surface area contributed by atoms with Crippen LogP contribution in [0.15, 0.2) is 42.5 Å². The Balaban J connectivity index is 1.29. The van der Waals surface area contributed by atoms with E-state index in [1.165, 1.54) is 0 Å². The Hall–Kier alpha value is -2.73. The predicted octanol–water partition coefficient (Wildman–Crippen LogP) is 3.61. The van der Waals surface area contributed by atoms with E-state index in [0.717, 1.165) is 61.0 Å². The number of carbonyl (C=O) groups is 2. The summed E-state index contributed by atoms with van der Waals surface area (Å²) in [7, 11) is 0. The van der Waals surface area contributed by atoms with Gasteiger partial charge in [-0.3, -0.25) is 9.59 Å². The van der Waals surface area contributed by atoms with Gasteiger partial charge in [0, 0.05) is 49.0 Å². The van der Waals surface area contributed by atoms with Gasteiger partial charge in [-0.05, 0) is 55.7 Å². The standard InChI is InChI=1S/C23H25ClN4O2/c24-17-4-3-5-18(15-17)26-10-12-27(13-11-26)23(30)16-7-8-20-19(14-16)25-22(29)21-6-1-2-9-28(20)21/h3-5,7-8,14-15,21H,1-2,6,9-13H2,(H,25,29)/t21-/m1/s1. The van der Waals surface area contributed by atoms with Crippen LogP contribution in [0.3, 0.4) is 0 Å². The number of anilines is 3. The Kier molecular flexibility index (Phi) is 5.03. The highest BCUT2D eigenvalue weighted by Crippen LogP contribution is 2.36. The van der Waals surface area contributed by atoms with Gasteiger partial charge in [0.05, 0.1) is 11.4 Å². The van der Waals surface area contributed by atoms with Crippen molar-refractivity contribution in [3.8, 4) is 0 Å². The third-order valence-corrected chi connectivity index (χ3v) is 6.59. The summed E-state index contributed by atoms with van der Waals surface area (Å²) in [6.07, 6.45) is 3.07. The number of amides is 2. The van der Waals surface area contributed by atoms with Gasteiger partial charge in [-0.15, -0.1) is 0 Å². The van der Waals surface area contributed by atoms with Gasteiger partial charge in [-0.2, -0.15) is 0 Å². The first-order valence-corrected chi connectivity index (χ1v) is 11.0. The zero-order valence-electron chi connectivity index (χ0n) is 16.8. The van der Waals surface area contributed by atoms with Crippen molar-refractivity contribution in [2.45, 2.75) is 25.3 Å². The second-order valence-electron chi connectivity index (χ2n) is 8.19. The lowest BCUT2D eigenvalue weighted by molar-refractivity contribution is -0.118. The van der Waals surface area contributed by atoms with Gasteiger partial charge in [0.1, 0.15) is 6.04 Å². The number of nitrogens with one attached hydrogen (secondary N) is 1. The number of hydrogen-bond acceptors (Lipinski definition) is 4. The largest absolute Gasteiger partial charge is 0.368 e. The molecule has 2 aromatic carbocycles. The number of piperidine rings is 1. The molecule has 3 aliphatic heterocycles. The lowest BCUT2D eigenvalue weighted by Crippen LogP contribution is -2.50. The third kappa shape index (κ3) is 3.49. The van der Waals surface area contributed by atoms with E-state index in [9.17, 15) is 9.59 Å². The van der Waals surface area contributed by atoms with E-state index in [0.29, 0.717) is 18.7 Å². The summed E-state index contributed by atoms with van der Waals surface area (Å²) >= 11 is 6.11. The zero-order chi connectivity index (χ0) is 20.7. The minimum absolute atomic E-state index is 0.0126. The monoisotopic (exact) mass is 424 g/mol. The Morgan fingerprint density at radius 1 is 1.00 bits per heavy atom. The van der Waals surface area contributed by atoms with Gasteiger partial charge in [0.15, 0.2) is 0 Å². The summed E-state index contributed by atoms with van der Waals surface area (Å²) in [5, 5.41) is 3.74. The van der Waals surface area contributed by atoms with E-state index >= 15 is 0 Å². The molecule has 5 rings (SSSR count). The van der Waals surface area contributed by atoms with E-state index in [1.54, 1.807) is 0 Å². The van der Waals surface area contributed by atoms with Crippen LogP contribution in [0, 0.1) is 0 Å². The quantitative estimate of drug-likeness (QED) is 0.800. The van der Waals surface area contributed by atoms with Crippen LogP contribution in [0.5, 0.6) is 0 Å². The first-order chi connectivity index (χ1) is 14.6. The average molecular weight is 425 g/mol. The lowest BCUT2D eigenvalue weighted by Gasteiger charge is -2.41. The Labute approximate surface area is 181 Å². The predicted molar refractivity (Wildman–Crippen MR) is 120 cm³/mol. The highest BCUT2D eigenvalue weighted by atomic mass is 35.5. The van der Waals surface area contributed by atoms with Gasteiger partial charge in [-0.1, -0.05) is 17.7 Å². The van der Waals surface area contributed by atoms with Crippen LogP contribution >= 0.6 is 11.6 Å². The summed E-state index contributed by atoms with van der Waals surface area (Å²) in [5.41, 5.74) is 3.49. The van der Waals surface area contributed by atoms with Crippen molar-refractivity contribution in [1.29, 1.82) is 0 Å². The van der Waals surface area contributed by atoms with E-state index in [2.05, 4.69) is 15.1 Å². The van der Waals surface area contributed by atoms with Crippen molar-refractivity contribution >= 4 is 40.5 Å². The summed E-state index contributed by atoms with van der Waals surface area (Å²) in [4.78, 5) is 31.9. The molecule has 0 unspecified atom stereocenters. The number of rotatable bonds is 2. The van der Waals surface area contributed by atoms with Gasteiger partial charge in [-0.25, -0.2) is 0 Å². The first kappa shape index (κ1) is 19.2. The fourth-order valence-corrected chi connectivity index (χ4v) is 4.94. The average Bonchev–Trinajstić information content (AvgIpc) is 2.78. The van der Waals surface area contributed by atoms with E-state index in [1.807, 2.05) is 47.4 Å². The van der Waals surface area contributed by atoms with Crippen LogP contribution in [-0.4, -0.2) is 55.5 Å². The molecule has 7 heteroatoms. The molecule has 3 aliphatic rings. The van der Waals surface area contributed by atoms with Crippen molar-refractivity contribution in [3.63, 3.8) is 0 Å². The topological polar surface area (TPSA) is 55.9 Å². The van der Waals surface area contributed by atoms with Crippen molar-refractivity contribution in [3.05, 3.63) is 53.1 Å². The molecular weight excluding hydrogens is 400 g/mol. The lowest BCUT2D eigenvalue weighted by atomic mass is 9.96. The maximum absolute atomic E-state index is 13.1. The van der Waals surface area contributed by atoms with Crippen molar-refractivity contribution in [1.82, 2.24) is 4.90 Å². The fourth-order valence-electron chi connectivity index (χ4n) is 4.75.